The number of fused-ring (bicyclic) bond motifs is 2. The maximum absolute atomic E-state index is 12.9. The molecule has 1 aliphatic heterocycles. The topological polar surface area (TPSA) is 91.9 Å². The number of amides is 1. The summed E-state index contributed by atoms with van der Waals surface area (Å²) in [6.45, 7) is 1.69. The van der Waals surface area contributed by atoms with Crippen LogP contribution in [0.3, 0.4) is 0 Å². The number of H-pyrrole nitrogens is 1. The molecular weight excluding hydrogens is 378 g/mol. The van der Waals surface area contributed by atoms with Crippen molar-refractivity contribution >= 4 is 28.4 Å². The van der Waals surface area contributed by atoms with Gasteiger partial charge in [0.2, 0.25) is 5.95 Å². The number of rotatable bonds is 5. The first-order chi connectivity index (χ1) is 14.8. The van der Waals surface area contributed by atoms with Gasteiger partial charge in [0, 0.05) is 41.9 Å². The van der Waals surface area contributed by atoms with Crippen molar-refractivity contribution in [3.63, 3.8) is 0 Å². The van der Waals surface area contributed by atoms with Gasteiger partial charge in [0.25, 0.3) is 5.91 Å². The summed E-state index contributed by atoms with van der Waals surface area (Å²) in [7, 11) is 0. The Morgan fingerprint density at radius 3 is 2.87 bits per heavy atom. The van der Waals surface area contributed by atoms with Crippen molar-refractivity contribution in [1.82, 2.24) is 15.0 Å². The number of benzene rings is 2. The number of anilines is 2. The molecule has 3 N–H and O–H groups in total. The first-order valence-corrected chi connectivity index (χ1v) is 9.90. The molecule has 2 aromatic heterocycles. The summed E-state index contributed by atoms with van der Waals surface area (Å²) in [5.41, 5.74) is 3.58. The largest absolute Gasteiger partial charge is 0.375 e. The van der Waals surface area contributed by atoms with E-state index in [1.165, 1.54) is 0 Å². The Morgan fingerprint density at radius 1 is 1.07 bits per heavy atom. The predicted molar refractivity (Wildman–Crippen MR) is 115 cm³/mol. The van der Waals surface area contributed by atoms with Crippen molar-refractivity contribution in [2.24, 2.45) is 0 Å². The molecule has 0 unspecified atom stereocenters. The molecular formula is C23H21N5O2. The second-order valence-corrected chi connectivity index (χ2v) is 7.18. The summed E-state index contributed by atoms with van der Waals surface area (Å²) < 4.78 is 5.57. The summed E-state index contributed by atoms with van der Waals surface area (Å²) in [5.74, 6) is 0.764. The van der Waals surface area contributed by atoms with Crippen LogP contribution in [0.25, 0.3) is 10.8 Å². The van der Waals surface area contributed by atoms with E-state index in [2.05, 4.69) is 37.7 Å². The zero-order valence-corrected chi connectivity index (χ0v) is 16.3. The highest BCUT2D eigenvalue weighted by molar-refractivity contribution is 6.12. The Hall–Kier alpha value is -3.71. The molecule has 7 heteroatoms. The van der Waals surface area contributed by atoms with Crippen LogP contribution in [0.5, 0.6) is 0 Å². The fourth-order valence-corrected chi connectivity index (χ4v) is 3.69. The number of aromatic amines is 1. The number of carbonyl (C=O) groups excluding carboxylic acids is 1. The minimum Gasteiger partial charge on any atom is -0.375 e. The molecule has 1 amide bonds. The van der Waals surface area contributed by atoms with Crippen molar-refractivity contribution < 1.29 is 9.53 Å². The van der Waals surface area contributed by atoms with Crippen molar-refractivity contribution in [2.75, 3.05) is 17.2 Å². The summed E-state index contributed by atoms with van der Waals surface area (Å²) in [6, 6.07) is 15.7. The van der Waals surface area contributed by atoms with Crippen LogP contribution >= 0.6 is 0 Å². The molecule has 7 nitrogen and oxygen atoms in total. The van der Waals surface area contributed by atoms with Gasteiger partial charge < -0.3 is 15.0 Å². The van der Waals surface area contributed by atoms with E-state index in [1.54, 1.807) is 6.07 Å². The highest BCUT2D eigenvalue weighted by Crippen LogP contribution is 2.25. The van der Waals surface area contributed by atoms with E-state index in [0.29, 0.717) is 25.3 Å². The fraction of sp³-hybridized carbons (Fsp3) is 0.174. The van der Waals surface area contributed by atoms with Gasteiger partial charge in [-0.05, 0) is 17.0 Å². The molecule has 3 heterocycles. The summed E-state index contributed by atoms with van der Waals surface area (Å²) in [4.78, 5) is 25.1. The van der Waals surface area contributed by atoms with Crippen molar-refractivity contribution in [3.05, 3.63) is 83.3 Å². The number of carbonyl (C=O) groups is 1. The Bertz CT molecular complexity index is 1200. The fourth-order valence-electron chi connectivity index (χ4n) is 3.69. The average molecular weight is 399 g/mol. The van der Waals surface area contributed by atoms with Crippen LogP contribution < -0.4 is 10.6 Å². The van der Waals surface area contributed by atoms with Gasteiger partial charge >= 0.3 is 0 Å². The minimum atomic E-state index is -0.245. The molecule has 0 saturated heterocycles. The average Bonchev–Trinajstić information content (AvgIpc) is 3.27. The number of aromatic nitrogens is 3. The third kappa shape index (κ3) is 3.62. The molecule has 0 radical (unpaired) electrons. The lowest BCUT2D eigenvalue weighted by atomic mass is 10.1. The third-order valence-electron chi connectivity index (χ3n) is 5.21. The standard InChI is InChI=1S/C23H21N5O2/c29-22(17-8-4-7-16-12-24-13-19(16)17)28-23-26-20-14-30-10-9-18(20)21(27-23)25-11-15-5-2-1-3-6-15/h1-8,12-13,24H,9-11,14H2,(H2,25,26,27,28,29). The number of nitrogens with one attached hydrogen (secondary N) is 3. The molecule has 0 spiro atoms. The number of hydrogen-bond donors (Lipinski definition) is 3. The maximum atomic E-state index is 12.9. The smallest absolute Gasteiger partial charge is 0.258 e. The molecule has 0 aliphatic carbocycles. The van der Waals surface area contributed by atoms with Crippen molar-refractivity contribution in [2.45, 2.75) is 19.6 Å². The van der Waals surface area contributed by atoms with E-state index in [4.69, 9.17) is 4.74 Å². The normalized spacial score (nSPS) is 13.1. The van der Waals surface area contributed by atoms with Crippen LogP contribution in [0.1, 0.15) is 27.2 Å². The number of nitrogens with zero attached hydrogens (tertiary/aromatic N) is 2. The lowest BCUT2D eigenvalue weighted by molar-refractivity contribution is 0.102. The first-order valence-electron chi connectivity index (χ1n) is 9.90. The van der Waals surface area contributed by atoms with Gasteiger partial charge in [-0.2, -0.15) is 4.98 Å². The van der Waals surface area contributed by atoms with Crippen LogP contribution in [0, 0.1) is 0 Å². The quantitative estimate of drug-likeness (QED) is 0.473. The predicted octanol–water partition coefficient (Wildman–Crippen LogP) is 3.90. The SMILES string of the molecule is O=C(Nc1nc2c(c(NCc3ccccc3)n1)CCOC2)c1cccc2c[nH]cc12. The Labute approximate surface area is 173 Å². The van der Waals surface area contributed by atoms with E-state index < -0.39 is 0 Å². The van der Waals surface area contributed by atoms with E-state index >= 15 is 0 Å². The van der Waals surface area contributed by atoms with Gasteiger partial charge in [-0.25, -0.2) is 4.98 Å². The van der Waals surface area contributed by atoms with Crippen LogP contribution in [0.4, 0.5) is 11.8 Å². The van der Waals surface area contributed by atoms with Gasteiger partial charge in [0.15, 0.2) is 0 Å². The molecule has 30 heavy (non-hydrogen) atoms. The summed E-state index contributed by atoms with van der Waals surface area (Å²) >= 11 is 0. The van der Waals surface area contributed by atoms with Gasteiger partial charge in [-0.15, -0.1) is 0 Å². The second-order valence-electron chi connectivity index (χ2n) is 7.18. The molecule has 0 fully saturated rings. The lowest BCUT2D eigenvalue weighted by Crippen LogP contribution is -2.20. The van der Waals surface area contributed by atoms with Crippen LogP contribution in [0.15, 0.2) is 60.9 Å². The van der Waals surface area contributed by atoms with Gasteiger partial charge in [-0.3, -0.25) is 10.1 Å². The minimum absolute atomic E-state index is 0.245. The highest BCUT2D eigenvalue weighted by atomic mass is 16.5. The van der Waals surface area contributed by atoms with Crippen LogP contribution in [-0.2, 0) is 24.3 Å². The summed E-state index contributed by atoms with van der Waals surface area (Å²) in [5, 5.41) is 8.10. The van der Waals surface area contributed by atoms with Crippen LogP contribution in [0.2, 0.25) is 0 Å². The highest BCUT2D eigenvalue weighted by Gasteiger charge is 2.20. The van der Waals surface area contributed by atoms with E-state index in [0.717, 1.165) is 39.8 Å². The monoisotopic (exact) mass is 399 g/mol. The molecule has 2 aromatic carbocycles. The molecule has 1 aliphatic rings. The van der Waals surface area contributed by atoms with E-state index in [1.807, 2.05) is 42.7 Å². The third-order valence-corrected chi connectivity index (χ3v) is 5.21. The van der Waals surface area contributed by atoms with Crippen LogP contribution in [-0.4, -0.2) is 27.5 Å². The zero-order valence-electron chi connectivity index (χ0n) is 16.3. The number of ether oxygens (including phenoxy) is 1. The maximum Gasteiger partial charge on any atom is 0.258 e. The van der Waals surface area contributed by atoms with Crippen molar-refractivity contribution in [1.29, 1.82) is 0 Å². The van der Waals surface area contributed by atoms with E-state index in [-0.39, 0.29) is 11.9 Å². The van der Waals surface area contributed by atoms with E-state index in [9.17, 15) is 4.79 Å². The Balaban J connectivity index is 1.43. The molecule has 0 atom stereocenters. The van der Waals surface area contributed by atoms with Gasteiger partial charge in [0.1, 0.15) is 5.82 Å². The van der Waals surface area contributed by atoms with Gasteiger partial charge in [-0.1, -0.05) is 42.5 Å². The number of hydrogen-bond acceptors (Lipinski definition) is 5. The zero-order chi connectivity index (χ0) is 20.3. The van der Waals surface area contributed by atoms with Crippen molar-refractivity contribution in [3.8, 4) is 0 Å². The molecule has 0 saturated carbocycles. The lowest BCUT2D eigenvalue weighted by Gasteiger charge is -2.20. The molecule has 0 bridgehead atoms. The molecule has 5 rings (SSSR count). The Morgan fingerprint density at radius 2 is 1.97 bits per heavy atom. The summed E-state index contributed by atoms with van der Waals surface area (Å²) in [6.07, 6.45) is 4.42. The second kappa shape index (κ2) is 7.96. The Kier molecular flexibility index (Phi) is 4.86. The first kappa shape index (κ1) is 18.3. The van der Waals surface area contributed by atoms with Gasteiger partial charge in [0.05, 0.1) is 18.9 Å². The molecule has 150 valence electrons. The molecule has 4 aromatic rings.